The van der Waals surface area contributed by atoms with Crippen LogP contribution >= 0.6 is 11.6 Å². The normalized spacial score (nSPS) is 11.2. The number of nitrogens with zero attached hydrogens (tertiary/aromatic N) is 5. The van der Waals surface area contributed by atoms with Gasteiger partial charge < -0.3 is 5.32 Å². The van der Waals surface area contributed by atoms with Gasteiger partial charge in [-0.15, -0.1) is 5.10 Å². The van der Waals surface area contributed by atoms with Gasteiger partial charge in [0.15, 0.2) is 5.65 Å². The Bertz CT molecular complexity index is 1280. The quantitative estimate of drug-likeness (QED) is 0.488. The Hall–Kier alpha value is -3.51. The molecule has 7 heteroatoms. The lowest BCUT2D eigenvalue weighted by atomic mass is 10.1. The summed E-state index contributed by atoms with van der Waals surface area (Å²) in [5.41, 5.74) is 4.26. The highest BCUT2D eigenvalue weighted by atomic mass is 35.5. The third-order valence-corrected chi connectivity index (χ3v) is 4.77. The molecule has 0 radical (unpaired) electrons. The first-order valence-corrected chi connectivity index (χ1v) is 9.20. The van der Waals surface area contributed by atoms with Crippen molar-refractivity contribution < 1.29 is 0 Å². The molecule has 5 aromatic rings. The highest BCUT2D eigenvalue weighted by molar-refractivity contribution is 6.30. The van der Waals surface area contributed by atoms with E-state index in [1.54, 1.807) is 10.7 Å². The molecule has 28 heavy (non-hydrogen) atoms. The number of rotatable bonds is 4. The molecule has 3 heterocycles. The summed E-state index contributed by atoms with van der Waals surface area (Å²) >= 11 is 6.16. The van der Waals surface area contributed by atoms with Crippen LogP contribution in [0.5, 0.6) is 0 Å². The van der Waals surface area contributed by atoms with Gasteiger partial charge in [-0.05, 0) is 35.9 Å². The van der Waals surface area contributed by atoms with Crippen molar-refractivity contribution in [2.75, 3.05) is 5.32 Å². The first-order valence-electron chi connectivity index (χ1n) is 8.82. The van der Waals surface area contributed by atoms with E-state index in [1.165, 1.54) is 0 Å². The number of nitrogens with one attached hydrogen (secondary N) is 1. The van der Waals surface area contributed by atoms with Crippen molar-refractivity contribution in [2.24, 2.45) is 0 Å². The Labute approximate surface area is 165 Å². The van der Waals surface area contributed by atoms with Crippen molar-refractivity contribution in [1.82, 2.24) is 24.8 Å². The zero-order chi connectivity index (χ0) is 18.9. The second-order valence-corrected chi connectivity index (χ2v) is 6.81. The van der Waals surface area contributed by atoms with E-state index in [4.69, 9.17) is 16.6 Å². The predicted molar refractivity (Wildman–Crippen MR) is 110 cm³/mol. The van der Waals surface area contributed by atoms with Gasteiger partial charge in [-0.3, -0.25) is 4.98 Å². The van der Waals surface area contributed by atoms with Crippen molar-refractivity contribution in [3.05, 3.63) is 83.6 Å². The van der Waals surface area contributed by atoms with Crippen LogP contribution in [0.15, 0.2) is 73.1 Å². The summed E-state index contributed by atoms with van der Waals surface area (Å²) < 4.78 is 1.76. The topological polar surface area (TPSA) is 68.0 Å². The van der Waals surface area contributed by atoms with Crippen LogP contribution in [0.4, 0.5) is 5.82 Å². The fourth-order valence-corrected chi connectivity index (χ4v) is 3.40. The fraction of sp³-hybridized carbons (Fsp3) is 0.0476. The van der Waals surface area contributed by atoms with Crippen molar-refractivity contribution in [2.45, 2.75) is 6.54 Å². The third kappa shape index (κ3) is 2.93. The molecule has 2 aromatic carbocycles. The first kappa shape index (κ1) is 16.6. The molecule has 136 valence electrons. The van der Waals surface area contributed by atoms with Gasteiger partial charge in [0.25, 0.3) is 0 Å². The van der Waals surface area contributed by atoms with Crippen LogP contribution in [0.1, 0.15) is 5.56 Å². The highest BCUT2D eigenvalue weighted by Crippen LogP contribution is 2.29. The van der Waals surface area contributed by atoms with E-state index < -0.39 is 0 Å². The van der Waals surface area contributed by atoms with E-state index in [2.05, 4.69) is 20.6 Å². The van der Waals surface area contributed by atoms with Crippen molar-refractivity contribution >= 4 is 34.0 Å². The van der Waals surface area contributed by atoms with E-state index in [0.29, 0.717) is 22.9 Å². The van der Waals surface area contributed by atoms with Gasteiger partial charge in [0.2, 0.25) is 0 Å². The Balaban J connectivity index is 1.67. The summed E-state index contributed by atoms with van der Waals surface area (Å²) in [4.78, 5) is 9.01. The molecule has 0 unspecified atom stereocenters. The molecule has 0 aliphatic heterocycles. The predicted octanol–water partition coefficient (Wildman–Crippen LogP) is 4.61. The summed E-state index contributed by atoms with van der Waals surface area (Å²) in [7, 11) is 0. The Morgan fingerprint density at radius 1 is 1.00 bits per heavy atom. The van der Waals surface area contributed by atoms with E-state index in [1.807, 2.05) is 66.9 Å². The van der Waals surface area contributed by atoms with Gasteiger partial charge in [0.05, 0.1) is 5.52 Å². The summed E-state index contributed by atoms with van der Waals surface area (Å²) in [5.74, 6) is 0.775. The number of hydrogen-bond acceptors (Lipinski definition) is 5. The SMILES string of the molecule is Clc1cccc(-c2nnn3c2nc(NCc2cccnc2)c2ccccc23)c1. The molecule has 0 fully saturated rings. The summed E-state index contributed by atoms with van der Waals surface area (Å²) in [6, 6.07) is 19.5. The number of halogens is 1. The second-order valence-electron chi connectivity index (χ2n) is 6.38. The van der Waals surface area contributed by atoms with Gasteiger partial charge >= 0.3 is 0 Å². The molecule has 0 aliphatic rings. The van der Waals surface area contributed by atoms with E-state index in [9.17, 15) is 0 Å². The fourth-order valence-electron chi connectivity index (χ4n) is 3.21. The van der Waals surface area contributed by atoms with Crippen LogP contribution in [0.3, 0.4) is 0 Å². The maximum Gasteiger partial charge on any atom is 0.186 e. The van der Waals surface area contributed by atoms with Crippen molar-refractivity contribution in [1.29, 1.82) is 0 Å². The molecule has 6 nitrogen and oxygen atoms in total. The lowest BCUT2D eigenvalue weighted by Crippen LogP contribution is -2.05. The zero-order valence-corrected chi connectivity index (χ0v) is 15.5. The van der Waals surface area contributed by atoms with Gasteiger partial charge in [-0.25, -0.2) is 4.98 Å². The Kier molecular flexibility index (Phi) is 4.10. The van der Waals surface area contributed by atoms with E-state index >= 15 is 0 Å². The van der Waals surface area contributed by atoms with Gasteiger partial charge in [0, 0.05) is 34.9 Å². The number of hydrogen-bond donors (Lipinski definition) is 1. The van der Waals surface area contributed by atoms with Gasteiger partial charge in [-0.2, -0.15) is 4.52 Å². The minimum Gasteiger partial charge on any atom is -0.365 e. The minimum absolute atomic E-state index is 0.620. The number of benzene rings is 2. The van der Waals surface area contributed by atoms with Crippen LogP contribution in [-0.2, 0) is 6.54 Å². The van der Waals surface area contributed by atoms with Crippen LogP contribution in [0.2, 0.25) is 5.02 Å². The van der Waals surface area contributed by atoms with Crippen LogP contribution < -0.4 is 5.32 Å². The Morgan fingerprint density at radius 2 is 1.93 bits per heavy atom. The molecule has 0 saturated heterocycles. The monoisotopic (exact) mass is 386 g/mol. The molecule has 0 atom stereocenters. The molecular formula is C21H15ClN6. The minimum atomic E-state index is 0.620. The molecule has 0 spiro atoms. The summed E-state index contributed by atoms with van der Waals surface area (Å²) in [6.45, 7) is 0.620. The maximum atomic E-state index is 6.16. The van der Waals surface area contributed by atoms with Crippen molar-refractivity contribution in [3.8, 4) is 11.3 Å². The second kappa shape index (κ2) is 6.90. The average molecular weight is 387 g/mol. The van der Waals surface area contributed by atoms with Crippen molar-refractivity contribution in [3.63, 3.8) is 0 Å². The molecule has 1 N–H and O–H groups in total. The number of aromatic nitrogens is 5. The lowest BCUT2D eigenvalue weighted by Gasteiger charge is -2.10. The maximum absolute atomic E-state index is 6.16. The first-order chi connectivity index (χ1) is 13.8. The average Bonchev–Trinajstić information content (AvgIpc) is 3.17. The molecule has 0 saturated carbocycles. The van der Waals surface area contributed by atoms with Crippen LogP contribution in [0.25, 0.3) is 27.8 Å². The Morgan fingerprint density at radius 3 is 2.79 bits per heavy atom. The smallest absolute Gasteiger partial charge is 0.186 e. The number of pyridine rings is 1. The molecule has 5 rings (SSSR count). The van der Waals surface area contributed by atoms with Crippen LogP contribution in [-0.4, -0.2) is 24.8 Å². The van der Waals surface area contributed by atoms with E-state index in [-0.39, 0.29) is 0 Å². The molecule has 3 aromatic heterocycles. The molecule has 0 aliphatic carbocycles. The number of anilines is 1. The standard InChI is InChI=1S/C21H15ClN6/c22-16-7-3-6-15(11-16)19-21-25-20(24-13-14-5-4-10-23-12-14)17-8-1-2-9-18(17)28(21)27-26-19/h1-12H,13H2,(H,24,25). The lowest BCUT2D eigenvalue weighted by molar-refractivity contribution is 0.876. The molecule has 0 amide bonds. The highest BCUT2D eigenvalue weighted by Gasteiger charge is 2.15. The molecule has 0 bridgehead atoms. The van der Waals surface area contributed by atoms with E-state index in [0.717, 1.165) is 27.8 Å². The largest absolute Gasteiger partial charge is 0.365 e. The van der Waals surface area contributed by atoms with Gasteiger partial charge in [0.1, 0.15) is 11.5 Å². The summed E-state index contributed by atoms with van der Waals surface area (Å²) in [5, 5.41) is 13.8. The van der Waals surface area contributed by atoms with Gasteiger partial charge in [-0.1, -0.05) is 47.1 Å². The number of para-hydroxylation sites is 1. The van der Waals surface area contributed by atoms with Crippen LogP contribution in [0, 0.1) is 0 Å². The summed E-state index contributed by atoms with van der Waals surface area (Å²) in [6.07, 6.45) is 3.60. The molecular weight excluding hydrogens is 372 g/mol. The zero-order valence-electron chi connectivity index (χ0n) is 14.7. The number of fused-ring (bicyclic) bond motifs is 3. The third-order valence-electron chi connectivity index (χ3n) is 4.53.